The third-order valence-corrected chi connectivity index (χ3v) is 3.49. The lowest BCUT2D eigenvalue weighted by molar-refractivity contribution is 0.286. The molecule has 0 heterocycles. The average Bonchev–Trinajstić information content (AvgIpc) is 2.36. The van der Waals surface area contributed by atoms with Gasteiger partial charge in [0.2, 0.25) is 0 Å². The number of rotatable bonds is 8. The Hall–Kier alpha value is -1.13. The summed E-state index contributed by atoms with van der Waals surface area (Å²) in [4.78, 5) is 2.16. The van der Waals surface area contributed by atoms with Gasteiger partial charge >= 0.3 is 0 Å². The van der Waals surface area contributed by atoms with E-state index in [0.29, 0.717) is 23.3 Å². The van der Waals surface area contributed by atoms with E-state index in [2.05, 4.69) is 38.2 Å². The zero-order valence-corrected chi connectivity index (χ0v) is 14.1. The number of nitrogens with one attached hydrogen (secondary N) is 1. The van der Waals surface area contributed by atoms with E-state index in [1.807, 2.05) is 6.92 Å². The first-order valence-corrected chi connectivity index (χ1v) is 7.58. The number of ether oxygens (including phenoxy) is 1. The van der Waals surface area contributed by atoms with Gasteiger partial charge in [-0.1, -0.05) is 19.9 Å². The van der Waals surface area contributed by atoms with E-state index in [4.69, 9.17) is 4.74 Å². The van der Waals surface area contributed by atoms with Crippen molar-refractivity contribution in [2.75, 3.05) is 27.7 Å². The van der Waals surface area contributed by atoms with Crippen LogP contribution in [0, 0.1) is 11.7 Å². The molecule has 0 aliphatic carbocycles. The highest BCUT2D eigenvalue weighted by Gasteiger charge is 2.20. The zero-order chi connectivity index (χ0) is 16.0. The van der Waals surface area contributed by atoms with Crippen LogP contribution in [-0.4, -0.2) is 38.7 Å². The van der Waals surface area contributed by atoms with Gasteiger partial charge in [-0.3, -0.25) is 0 Å². The molecule has 0 fully saturated rings. The molecule has 2 unspecified atom stereocenters. The van der Waals surface area contributed by atoms with Crippen LogP contribution in [0.2, 0.25) is 0 Å². The summed E-state index contributed by atoms with van der Waals surface area (Å²) in [5.41, 5.74) is 0.604. The van der Waals surface area contributed by atoms with Crippen LogP contribution in [0.25, 0.3) is 0 Å². The minimum absolute atomic E-state index is 0.0927. The van der Waals surface area contributed by atoms with Crippen molar-refractivity contribution in [1.82, 2.24) is 10.2 Å². The normalized spacial score (nSPS) is 14.5. The van der Waals surface area contributed by atoms with Crippen LogP contribution in [0.5, 0.6) is 5.75 Å². The van der Waals surface area contributed by atoms with Gasteiger partial charge in [-0.2, -0.15) is 0 Å². The molecule has 120 valence electrons. The molecular formula is C17H29FN2O. The van der Waals surface area contributed by atoms with Crippen LogP contribution in [0.1, 0.15) is 38.8 Å². The highest BCUT2D eigenvalue weighted by atomic mass is 19.1. The number of hydrogen-bond donors (Lipinski definition) is 1. The first-order chi connectivity index (χ1) is 9.85. The van der Waals surface area contributed by atoms with Gasteiger partial charge < -0.3 is 15.0 Å². The Morgan fingerprint density at radius 2 is 1.90 bits per heavy atom. The molecule has 0 spiro atoms. The molecule has 1 aromatic rings. The van der Waals surface area contributed by atoms with Gasteiger partial charge in [0.1, 0.15) is 11.6 Å². The maximum atomic E-state index is 14.1. The number of halogens is 1. The van der Waals surface area contributed by atoms with Gasteiger partial charge in [-0.15, -0.1) is 0 Å². The van der Waals surface area contributed by atoms with Gasteiger partial charge in [-0.05, 0) is 45.5 Å². The van der Waals surface area contributed by atoms with Crippen LogP contribution >= 0.6 is 0 Å². The molecule has 3 nitrogen and oxygen atoms in total. The molecular weight excluding hydrogens is 267 g/mol. The van der Waals surface area contributed by atoms with E-state index < -0.39 is 0 Å². The standard InChI is InChI=1S/C17H29FN2O/c1-12(2)10-14(11-20(4)5)19-13(3)17-15(18)8-7-9-16(17)21-6/h7-9,12-14,19H,10-11H2,1-6H3. The number of nitrogens with zero attached hydrogens (tertiary/aromatic N) is 1. The second-order valence-corrected chi connectivity index (χ2v) is 6.33. The molecule has 0 aliphatic heterocycles. The van der Waals surface area contributed by atoms with E-state index >= 15 is 0 Å². The number of hydrogen-bond acceptors (Lipinski definition) is 3. The van der Waals surface area contributed by atoms with Crippen molar-refractivity contribution in [2.24, 2.45) is 5.92 Å². The van der Waals surface area contributed by atoms with Crippen LogP contribution in [0.15, 0.2) is 18.2 Å². The Kier molecular flexibility index (Phi) is 7.12. The Morgan fingerprint density at radius 1 is 1.24 bits per heavy atom. The second-order valence-electron chi connectivity index (χ2n) is 6.33. The Balaban J connectivity index is 2.88. The first kappa shape index (κ1) is 17.9. The Labute approximate surface area is 128 Å². The molecule has 0 aliphatic rings. The molecule has 0 saturated carbocycles. The summed E-state index contributed by atoms with van der Waals surface area (Å²) in [5.74, 6) is 0.975. The summed E-state index contributed by atoms with van der Waals surface area (Å²) in [6.45, 7) is 7.33. The summed E-state index contributed by atoms with van der Waals surface area (Å²) in [5, 5.41) is 3.55. The second kappa shape index (κ2) is 8.35. The van der Waals surface area contributed by atoms with E-state index in [0.717, 1.165) is 13.0 Å². The van der Waals surface area contributed by atoms with Crippen LogP contribution < -0.4 is 10.1 Å². The molecule has 0 bridgehead atoms. The Morgan fingerprint density at radius 3 is 2.43 bits per heavy atom. The lowest BCUT2D eigenvalue weighted by atomic mass is 10.00. The van der Waals surface area contributed by atoms with Crippen LogP contribution in [0.4, 0.5) is 4.39 Å². The predicted octanol–water partition coefficient (Wildman–Crippen LogP) is 3.46. The third-order valence-electron chi connectivity index (χ3n) is 3.49. The van der Waals surface area contributed by atoms with Crippen molar-refractivity contribution in [2.45, 2.75) is 39.3 Å². The number of methoxy groups -OCH3 is 1. The first-order valence-electron chi connectivity index (χ1n) is 7.58. The smallest absolute Gasteiger partial charge is 0.131 e. The fourth-order valence-electron chi connectivity index (χ4n) is 2.76. The highest BCUT2D eigenvalue weighted by Crippen LogP contribution is 2.28. The summed E-state index contributed by atoms with van der Waals surface area (Å²) in [7, 11) is 5.70. The summed E-state index contributed by atoms with van der Waals surface area (Å²) in [6, 6.07) is 5.19. The number of benzene rings is 1. The van der Waals surface area contributed by atoms with Crippen molar-refractivity contribution in [3.63, 3.8) is 0 Å². The van der Waals surface area contributed by atoms with E-state index in [1.54, 1.807) is 19.2 Å². The fraction of sp³-hybridized carbons (Fsp3) is 0.647. The van der Waals surface area contributed by atoms with Gasteiger partial charge in [0.25, 0.3) is 0 Å². The molecule has 0 radical (unpaired) electrons. The minimum atomic E-state index is -0.220. The summed E-state index contributed by atoms with van der Waals surface area (Å²) in [6.07, 6.45) is 1.05. The van der Waals surface area contributed by atoms with E-state index in [-0.39, 0.29) is 11.9 Å². The largest absolute Gasteiger partial charge is 0.496 e. The maximum absolute atomic E-state index is 14.1. The lowest BCUT2D eigenvalue weighted by Gasteiger charge is -2.28. The van der Waals surface area contributed by atoms with Crippen molar-refractivity contribution < 1.29 is 9.13 Å². The summed E-state index contributed by atoms with van der Waals surface area (Å²) < 4.78 is 19.4. The van der Waals surface area contributed by atoms with Crippen molar-refractivity contribution in [3.05, 3.63) is 29.6 Å². The lowest BCUT2D eigenvalue weighted by Crippen LogP contribution is -2.40. The van der Waals surface area contributed by atoms with Gasteiger partial charge in [0, 0.05) is 24.2 Å². The molecule has 21 heavy (non-hydrogen) atoms. The fourth-order valence-corrected chi connectivity index (χ4v) is 2.76. The van der Waals surface area contributed by atoms with Gasteiger partial charge in [0.15, 0.2) is 0 Å². The molecule has 1 rings (SSSR count). The van der Waals surface area contributed by atoms with Crippen molar-refractivity contribution in [1.29, 1.82) is 0 Å². The van der Waals surface area contributed by atoms with Crippen molar-refractivity contribution in [3.8, 4) is 5.75 Å². The number of likely N-dealkylation sites (N-methyl/N-ethyl adjacent to an activating group) is 1. The molecule has 0 amide bonds. The summed E-state index contributed by atoms with van der Waals surface area (Å²) >= 11 is 0. The molecule has 1 aromatic carbocycles. The maximum Gasteiger partial charge on any atom is 0.131 e. The molecule has 2 atom stereocenters. The molecule has 4 heteroatoms. The van der Waals surface area contributed by atoms with Gasteiger partial charge in [-0.25, -0.2) is 4.39 Å². The minimum Gasteiger partial charge on any atom is -0.496 e. The monoisotopic (exact) mass is 296 g/mol. The predicted molar refractivity (Wildman–Crippen MR) is 86.3 cm³/mol. The third kappa shape index (κ3) is 5.64. The van der Waals surface area contributed by atoms with Crippen molar-refractivity contribution >= 4 is 0 Å². The molecule has 0 saturated heterocycles. The van der Waals surface area contributed by atoms with E-state index in [1.165, 1.54) is 6.07 Å². The van der Waals surface area contributed by atoms with Crippen LogP contribution in [0.3, 0.4) is 0 Å². The zero-order valence-electron chi connectivity index (χ0n) is 14.1. The average molecular weight is 296 g/mol. The highest BCUT2D eigenvalue weighted by molar-refractivity contribution is 5.37. The topological polar surface area (TPSA) is 24.5 Å². The molecule has 1 N–H and O–H groups in total. The Bertz CT molecular complexity index is 425. The van der Waals surface area contributed by atoms with E-state index in [9.17, 15) is 4.39 Å². The van der Waals surface area contributed by atoms with Crippen LogP contribution in [-0.2, 0) is 0 Å². The van der Waals surface area contributed by atoms with Gasteiger partial charge in [0.05, 0.1) is 7.11 Å². The molecule has 0 aromatic heterocycles. The SMILES string of the molecule is COc1cccc(F)c1C(C)NC(CC(C)C)CN(C)C. The quantitative estimate of drug-likeness (QED) is 0.795.